The van der Waals surface area contributed by atoms with Gasteiger partial charge in [0.05, 0.1) is 29.7 Å². The van der Waals surface area contributed by atoms with E-state index in [0.717, 1.165) is 0 Å². The van der Waals surface area contributed by atoms with Crippen LogP contribution in [0.3, 0.4) is 0 Å². The molecule has 39 heavy (non-hydrogen) atoms. The Hall–Kier alpha value is -3.61. The highest BCUT2D eigenvalue weighted by molar-refractivity contribution is 8.15. The maximum Gasteiger partial charge on any atom is 0.357 e. The topological polar surface area (TPSA) is 124 Å². The zero-order valence-corrected chi connectivity index (χ0v) is 22.3. The SMILES string of the molecule is O=C(OCc1ccc([N+](=O)[O-])cc1)C(=C(CCl)N1CCOCC1)N1C(=O)C2N=C(COc3ccccc3)SC21. The van der Waals surface area contributed by atoms with E-state index in [1.54, 1.807) is 0 Å². The van der Waals surface area contributed by atoms with Crippen LogP contribution in [0.25, 0.3) is 0 Å². The van der Waals surface area contributed by atoms with E-state index in [2.05, 4.69) is 4.99 Å². The number of esters is 1. The number of nitro benzene ring substituents is 1. The maximum atomic E-state index is 13.5. The van der Waals surface area contributed by atoms with Gasteiger partial charge in [-0.3, -0.25) is 24.8 Å². The second-order valence-electron chi connectivity index (χ2n) is 8.81. The largest absolute Gasteiger partial charge is 0.487 e. The van der Waals surface area contributed by atoms with E-state index in [-0.39, 0.29) is 36.4 Å². The van der Waals surface area contributed by atoms with Gasteiger partial charge in [0.1, 0.15) is 29.4 Å². The van der Waals surface area contributed by atoms with Gasteiger partial charge in [-0.15, -0.1) is 11.6 Å². The maximum absolute atomic E-state index is 13.5. The summed E-state index contributed by atoms with van der Waals surface area (Å²) in [6.45, 7) is 2.02. The summed E-state index contributed by atoms with van der Waals surface area (Å²) < 4.78 is 16.8. The Morgan fingerprint density at radius 1 is 1.13 bits per heavy atom. The van der Waals surface area contributed by atoms with E-state index >= 15 is 0 Å². The van der Waals surface area contributed by atoms with Gasteiger partial charge in [-0.05, 0) is 29.8 Å². The number of allylic oxidation sites excluding steroid dienone is 1. The Morgan fingerprint density at radius 3 is 2.51 bits per heavy atom. The predicted molar refractivity (Wildman–Crippen MR) is 144 cm³/mol. The second-order valence-corrected chi connectivity index (χ2v) is 10.3. The molecule has 0 aromatic heterocycles. The van der Waals surface area contributed by atoms with Crippen LogP contribution in [-0.4, -0.2) is 81.8 Å². The molecule has 0 radical (unpaired) electrons. The number of carbonyl (C=O) groups is 2. The van der Waals surface area contributed by atoms with Gasteiger partial charge >= 0.3 is 5.97 Å². The Bertz CT molecular complexity index is 1300. The van der Waals surface area contributed by atoms with Crippen LogP contribution in [0.5, 0.6) is 5.75 Å². The van der Waals surface area contributed by atoms with Gasteiger partial charge in [0.25, 0.3) is 11.6 Å². The van der Waals surface area contributed by atoms with Crippen molar-refractivity contribution >= 4 is 46.0 Å². The third-order valence-corrected chi connectivity index (χ3v) is 7.86. The van der Waals surface area contributed by atoms with E-state index in [1.165, 1.54) is 40.9 Å². The number of alkyl halides is 1. The molecule has 204 valence electrons. The standard InChI is InChI=1S/C26H25ClN4O7S/c27-14-20(29-10-12-36-13-11-29)23(26(33)38-15-17-6-8-18(9-7-17)31(34)35)30-24(32)22-25(30)39-21(28-22)16-37-19-4-2-1-3-5-19/h1-9,22,25H,10-16H2. The first-order valence-electron chi connectivity index (χ1n) is 12.2. The number of rotatable bonds is 10. The third kappa shape index (κ3) is 5.87. The predicted octanol–water partition coefficient (Wildman–Crippen LogP) is 3.18. The van der Waals surface area contributed by atoms with Crippen LogP contribution in [0.4, 0.5) is 5.69 Å². The number of ether oxygens (including phenoxy) is 3. The number of hydrogen-bond acceptors (Lipinski definition) is 10. The van der Waals surface area contributed by atoms with E-state index in [4.69, 9.17) is 25.8 Å². The number of benzene rings is 2. The molecule has 0 spiro atoms. The quantitative estimate of drug-likeness (QED) is 0.105. The number of carbonyl (C=O) groups excluding carboxylic acids is 2. The Balaban J connectivity index is 1.34. The fourth-order valence-electron chi connectivity index (χ4n) is 4.40. The van der Waals surface area contributed by atoms with Crippen molar-refractivity contribution in [3.05, 3.63) is 81.7 Å². The van der Waals surface area contributed by atoms with E-state index in [1.807, 2.05) is 35.2 Å². The number of thioether (sulfide) groups is 1. The minimum absolute atomic E-state index is 0.0152. The van der Waals surface area contributed by atoms with Gasteiger partial charge in [-0.2, -0.15) is 0 Å². The minimum Gasteiger partial charge on any atom is -0.487 e. The van der Waals surface area contributed by atoms with Crippen molar-refractivity contribution in [3.8, 4) is 5.75 Å². The Morgan fingerprint density at radius 2 is 1.85 bits per heavy atom. The van der Waals surface area contributed by atoms with Crippen LogP contribution in [0.1, 0.15) is 5.56 Å². The van der Waals surface area contributed by atoms with Crippen molar-refractivity contribution in [3.63, 3.8) is 0 Å². The first-order valence-corrected chi connectivity index (χ1v) is 13.6. The lowest BCUT2D eigenvalue weighted by molar-refractivity contribution is -0.384. The lowest BCUT2D eigenvalue weighted by Gasteiger charge is -2.43. The van der Waals surface area contributed by atoms with Crippen molar-refractivity contribution in [1.82, 2.24) is 9.80 Å². The smallest absolute Gasteiger partial charge is 0.357 e. The van der Waals surface area contributed by atoms with Crippen molar-refractivity contribution in [2.75, 3.05) is 38.8 Å². The number of para-hydroxylation sites is 1. The molecular weight excluding hydrogens is 548 g/mol. The van der Waals surface area contributed by atoms with Crippen molar-refractivity contribution in [2.45, 2.75) is 18.0 Å². The molecule has 2 fully saturated rings. The van der Waals surface area contributed by atoms with Gasteiger partial charge < -0.3 is 19.1 Å². The second kappa shape index (κ2) is 12.1. The lowest BCUT2D eigenvalue weighted by Crippen LogP contribution is -2.61. The number of non-ortho nitro benzene ring substituents is 1. The summed E-state index contributed by atoms with van der Waals surface area (Å²) in [7, 11) is 0. The molecule has 2 saturated heterocycles. The van der Waals surface area contributed by atoms with Gasteiger partial charge in [0.2, 0.25) is 0 Å². The highest BCUT2D eigenvalue weighted by Gasteiger charge is 2.56. The lowest BCUT2D eigenvalue weighted by atomic mass is 10.1. The molecule has 5 rings (SSSR count). The van der Waals surface area contributed by atoms with Gasteiger partial charge in [-0.25, -0.2) is 4.79 Å². The van der Waals surface area contributed by atoms with Crippen LogP contribution < -0.4 is 4.74 Å². The highest BCUT2D eigenvalue weighted by Crippen LogP contribution is 2.43. The number of morpholine rings is 1. The number of β-lactam (4-membered cyclic amide) rings is 1. The summed E-state index contributed by atoms with van der Waals surface area (Å²) in [5.41, 5.74) is 1.06. The summed E-state index contributed by atoms with van der Waals surface area (Å²) in [5, 5.41) is 11.2. The molecule has 3 aliphatic rings. The third-order valence-electron chi connectivity index (χ3n) is 6.40. The Kier molecular flexibility index (Phi) is 8.34. The Labute approximate surface area is 233 Å². The van der Waals surface area contributed by atoms with Crippen LogP contribution in [0.15, 0.2) is 71.0 Å². The number of likely N-dealkylation sites (tertiary alicyclic amines) is 1. The molecular formula is C26H25ClN4O7S. The van der Waals surface area contributed by atoms with E-state index in [0.29, 0.717) is 48.4 Å². The number of nitro groups is 1. The minimum atomic E-state index is -0.711. The molecule has 2 atom stereocenters. The zero-order valence-electron chi connectivity index (χ0n) is 20.7. The molecule has 2 aromatic carbocycles. The number of fused-ring (bicyclic) bond motifs is 1. The average Bonchev–Trinajstić information content (AvgIpc) is 3.35. The summed E-state index contributed by atoms with van der Waals surface area (Å²) in [6, 6.07) is 14.4. The molecule has 2 aromatic rings. The van der Waals surface area contributed by atoms with E-state index in [9.17, 15) is 19.7 Å². The van der Waals surface area contributed by atoms with Crippen molar-refractivity contribution in [2.24, 2.45) is 4.99 Å². The number of aliphatic imine (C=N–C) groups is 1. The molecule has 2 unspecified atom stereocenters. The summed E-state index contributed by atoms with van der Waals surface area (Å²) in [5.74, 6) is -0.355. The fraction of sp³-hybridized carbons (Fsp3) is 0.346. The molecule has 3 heterocycles. The van der Waals surface area contributed by atoms with Gasteiger partial charge in [0, 0.05) is 25.2 Å². The van der Waals surface area contributed by atoms with Crippen molar-refractivity contribution in [1.29, 1.82) is 0 Å². The van der Waals surface area contributed by atoms with Crippen LogP contribution in [0, 0.1) is 10.1 Å². The molecule has 0 saturated carbocycles. The summed E-state index contributed by atoms with van der Waals surface area (Å²) in [6.07, 6.45) is 0. The summed E-state index contributed by atoms with van der Waals surface area (Å²) >= 11 is 7.73. The normalized spacial score (nSPS) is 20.9. The van der Waals surface area contributed by atoms with Crippen molar-refractivity contribution < 1.29 is 28.7 Å². The zero-order chi connectivity index (χ0) is 27.4. The number of halogens is 1. The first kappa shape index (κ1) is 27.0. The van der Waals surface area contributed by atoms with Gasteiger partial charge in [-0.1, -0.05) is 30.0 Å². The molecule has 0 aliphatic carbocycles. The number of amides is 1. The van der Waals surface area contributed by atoms with Crippen LogP contribution in [-0.2, 0) is 25.7 Å². The highest BCUT2D eigenvalue weighted by atomic mass is 35.5. The van der Waals surface area contributed by atoms with Crippen LogP contribution >= 0.6 is 23.4 Å². The summed E-state index contributed by atoms with van der Waals surface area (Å²) in [4.78, 5) is 45.1. The van der Waals surface area contributed by atoms with Gasteiger partial charge in [0.15, 0.2) is 11.7 Å². The number of hydrogen-bond donors (Lipinski definition) is 0. The fourth-order valence-corrected chi connectivity index (χ4v) is 5.89. The molecule has 13 heteroatoms. The molecule has 11 nitrogen and oxygen atoms in total. The molecule has 1 amide bonds. The van der Waals surface area contributed by atoms with E-state index < -0.39 is 22.3 Å². The number of nitrogens with zero attached hydrogens (tertiary/aromatic N) is 4. The monoisotopic (exact) mass is 572 g/mol. The average molecular weight is 573 g/mol. The van der Waals surface area contributed by atoms with Crippen LogP contribution in [0.2, 0.25) is 0 Å². The molecule has 0 bridgehead atoms. The molecule has 3 aliphatic heterocycles. The first-order chi connectivity index (χ1) is 19.0. The molecule has 0 N–H and O–H groups in total.